The first kappa shape index (κ1) is 24.0. The van der Waals surface area contributed by atoms with Crippen molar-refractivity contribution < 1.29 is 17.9 Å². The largest absolute Gasteiger partial charge is 0.460 e. The highest BCUT2D eigenvalue weighted by Crippen LogP contribution is 2.39. The zero-order valence-electron chi connectivity index (χ0n) is 18.2. The molecule has 1 amide bonds. The quantitative estimate of drug-likeness (QED) is 0.607. The number of hydrogen-bond acceptors (Lipinski definition) is 7. The van der Waals surface area contributed by atoms with E-state index in [1.807, 2.05) is 0 Å². The first-order valence-electron chi connectivity index (χ1n) is 10.5. The van der Waals surface area contributed by atoms with Gasteiger partial charge < -0.3 is 15.0 Å². The maximum Gasteiger partial charge on any atom is 0.263 e. The minimum atomic E-state index is -3.79. The molecule has 4 rings (SSSR count). The number of pyridine rings is 2. The number of primary sulfonamides is 1. The standard InChI is InChI=1S/C21H25Cl2N5O4S/c1-21(2,32-19-17(23)7-12(22)10-26-19)20(29)27-13-8-14-3-4-15(9-13)28(14)18-6-5-16(11-25-18)33(24,30)31/h5-7,10-11,13-15H,3-4,8-9H2,1-2H3,(H,27,29)(H2,24,30,31)/t13?,14-,15+. The van der Waals surface area contributed by atoms with Crippen molar-refractivity contribution in [1.29, 1.82) is 0 Å². The van der Waals surface area contributed by atoms with Gasteiger partial charge in [0, 0.05) is 30.5 Å². The molecule has 2 fully saturated rings. The molecule has 1 unspecified atom stereocenters. The van der Waals surface area contributed by atoms with Crippen LogP contribution in [-0.2, 0) is 14.8 Å². The van der Waals surface area contributed by atoms with Crippen LogP contribution in [0.2, 0.25) is 10.0 Å². The average molecular weight is 514 g/mol. The summed E-state index contributed by atoms with van der Waals surface area (Å²) in [5.74, 6) is 0.598. The van der Waals surface area contributed by atoms with Gasteiger partial charge in [-0.05, 0) is 57.7 Å². The molecule has 2 aromatic heterocycles. The van der Waals surface area contributed by atoms with Crippen molar-refractivity contribution in [2.75, 3.05) is 4.90 Å². The lowest BCUT2D eigenvalue weighted by Gasteiger charge is -2.40. The van der Waals surface area contributed by atoms with Gasteiger partial charge in [-0.1, -0.05) is 23.2 Å². The van der Waals surface area contributed by atoms with Gasteiger partial charge in [0.1, 0.15) is 15.7 Å². The summed E-state index contributed by atoms with van der Waals surface area (Å²) in [6.07, 6.45) is 6.13. The second-order valence-corrected chi connectivity index (χ2v) is 11.3. The smallest absolute Gasteiger partial charge is 0.263 e. The SMILES string of the molecule is CC(C)(Oc1ncc(Cl)cc1Cl)C(=O)NC1C[C@H]2CC[C@@H](C1)N2c1ccc(S(N)(=O)=O)cn1. The molecule has 0 aliphatic carbocycles. The molecular weight excluding hydrogens is 489 g/mol. The van der Waals surface area contributed by atoms with Gasteiger partial charge in [-0.3, -0.25) is 4.79 Å². The van der Waals surface area contributed by atoms with Crippen LogP contribution in [0.3, 0.4) is 0 Å². The summed E-state index contributed by atoms with van der Waals surface area (Å²) in [5.41, 5.74) is -1.19. The zero-order chi connectivity index (χ0) is 24.0. The van der Waals surface area contributed by atoms with E-state index >= 15 is 0 Å². The van der Waals surface area contributed by atoms with Crippen molar-refractivity contribution in [3.63, 3.8) is 0 Å². The van der Waals surface area contributed by atoms with E-state index in [1.165, 1.54) is 24.5 Å². The second-order valence-electron chi connectivity index (χ2n) is 8.88. The van der Waals surface area contributed by atoms with E-state index in [2.05, 4.69) is 20.2 Å². The molecule has 2 saturated heterocycles. The highest BCUT2D eigenvalue weighted by atomic mass is 35.5. The van der Waals surface area contributed by atoms with Gasteiger partial charge in [0.2, 0.25) is 15.9 Å². The maximum atomic E-state index is 13.0. The molecule has 2 aliphatic rings. The molecular formula is C21H25Cl2N5O4S. The molecule has 3 atom stereocenters. The molecule has 9 nitrogen and oxygen atoms in total. The molecule has 2 bridgehead atoms. The van der Waals surface area contributed by atoms with Gasteiger partial charge in [0.25, 0.3) is 5.91 Å². The number of sulfonamides is 1. The first-order chi connectivity index (χ1) is 15.4. The summed E-state index contributed by atoms with van der Waals surface area (Å²) in [7, 11) is -3.79. The fraction of sp³-hybridized carbons (Fsp3) is 0.476. The van der Waals surface area contributed by atoms with Crippen molar-refractivity contribution in [2.24, 2.45) is 5.14 Å². The second kappa shape index (κ2) is 8.90. The molecule has 33 heavy (non-hydrogen) atoms. The van der Waals surface area contributed by atoms with Crippen LogP contribution in [0.25, 0.3) is 0 Å². The Morgan fingerprint density at radius 1 is 1.18 bits per heavy atom. The number of halogens is 2. The van der Waals surface area contributed by atoms with Crippen LogP contribution in [0.15, 0.2) is 35.5 Å². The van der Waals surface area contributed by atoms with Gasteiger partial charge in [0.05, 0.1) is 5.02 Å². The number of piperidine rings is 1. The van der Waals surface area contributed by atoms with E-state index in [4.69, 9.17) is 33.1 Å². The Hall–Kier alpha value is -2.14. The molecule has 12 heteroatoms. The summed E-state index contributed by atoms with van der Waals surface area (Å²) < 4.78 is 28.8. The summed E-state index contributed by atoms with van der Waals surface area (Å²) in [4.78, 5) is 23.6. The normalized spacial score (nSPS) is 22.8. The molecule has 2 aliphatic heterocycles. The third-order valence-corrected chi connectivity index (χ3v) is 7.43. The van der Waals surface area contributed by atoms with Gasteiger partial charge in [-0.2, -0.15) is 0 Å². The fourth-order valence-corrected chi connectivity index (χ4v) is 5.36. The van der Waals surface area contributed by atoms with Crippen LogP contribution in [0.1, 0.15) is 39.5 Å². The lowest BCUT2D eigenvalue weighted by molar-refractivity contribution is -0.135. The molecule has 0 saturated carbocycles. The third-order valence-electron chi connectivity index (χ3n) is 6.05. The number of carbonyl (C=O) groups is 1. The molecule has 0 radical (unpaired) electrons. The predicted molar refractivity (Wildman–Crippen MR) is 125 cm³/mol. The lowest BCUT2D eigenvalue weighted by atomic mass is 9.96. The van der Waals surface area contributed by atoms with E-state index in [-0.39, 0.29) is 39.8 Å². The van der Waals surface area contributed by atoms with Crippen LogP contribution in [0.4, 0.5) is 5.82 Å². The summed E-state index contributed by atoms with van der Waals surface area (Å²) in [6.45, 7) is 3.32. The summed E-state index contributed by atoms with van der Waals surface area (Å²) >= 11 is 12.0. The number of nitrogens with two attached hydrogens (primary N) is 1. The van der Waals surface area contributed by atoms with Crippen LogP contribution in [0, 0.1) is 0 Å². The molecule has 0 spiro atoms. The van der Waals surface area contributed by atoms with E-state index < -0.39 is 15.6 Å². The maximum absolute atomic E-state index is 13.0. The summed E-state index contributed by atoms with van der Waals surface area (Å²) in [5, 5.41) is 8.89. The highest BCUT2D eigenvalue weighted by molar-refractivity contribution is 7.89. The van der Waals surface area contributed by atoms with Gasteiger partial charge >= 0.3 is 0 Å². The van der Waals surface area contributed by atoms with Crippen molar-refractivity contribution in [2.45, 2.75) is 68.2 Å². The molecule has 0 aromatic carbocycles. The number of anilines is 1. The van der Waals surface area contributed by atoms with E-state index in [1.54, 1.807) is 19.9 Å². The number of fused-ring (bicyclic) bond motifs is 2. The Labute approximate surface area is 202 Å². The number of nitrogens with one attached hydrogen (secondary N) is 1. The van der Waals surface area contributed by atoms with Crippen molar-refractivity contribution in [3.8, 4) is 5.88 Å². The lowest BCUT2D eigenvalue weighted by Crippen LogP contribution is -2.55. The van der Waals surface area contributed by atoms with Gasteiger partial charge in [0.15, 0.2) is 5.60 Å². The monoisotopic (exact) mass is 513 g/mol. The highest BCUT2D eigenvalue weighted by Gasteiger charge is 2.43. The Bertz CT molecular complexity index is 1150. The topological polar surface area (TPSA) is 128 Å². The Morgan fingerprint density at radius 3 is 2.39 bits per heavy atom. The molecule has 4 heterocycles. The third kappa shape index (κ3) is 5.18. The van der Waals surface area contributed by atoms with E-state index in [0.717, 1.165) is 25.7 Å². The minimum Gasteiger partial charge on any atom is -0.460 e. The van der Waals surface area contributed by atoms with Gasteiger partial charge in [-0.15, -0.1) is 0 Å². The number of hydrogen-bond donors (Lipinski definition) is 2. The number of nitrogens with zero attached hydrogens (tertiary/aromatic N) is 3. The van der Waals surface area contributed by atoms with Crippen LogP contribution in [0.5, 0.6) is 5.88 Å². The van der Waals surface area contributed by atoms with Crippen LogP contribution >= 0.6 is 23.2 Å². The molecule has 2 aromatic rings. The Kier molecular flexibility index (Phi) is 6.47. The van der Waals surface area contributed by atoms with E-state index in [9.17, 15) is 13.2 Å². The first-order valence-corrected chi connectivity index (χ1v) is 12.8. The average Bonchev–Trinajstić information content (AvgIpc) is 3.00. The predicted octanol–water partition coefficient (Wildman–Crippen LogP) is 2.90. The van der Waals surface area contributed by atoms with Crippen molar-refractivity contribution >= 4 is 45.0 Å². The van der Waals surface area contributed by atoms with Crippen LogP contribution < -0.4 is 20.1 Å². The van der Waals surface area contributed by atoms with Crippen molar-refractivity contribution in [3.05, 3.63) is 40.6 Å². The van der Waals surface area contributed by atoms with E-state index in [0.29, 0.717) is 10.8 Å². The summed E-state index contributed by atoms with van der Waals surface area (Å²) in [6, 6.07) is 5.03. The number of carbonyl (C=O) groups excluding carboxylic acids is 1. The van der Waals surface area contributed by atoms with Gasteiger partial charge in [-0.25, -0.2) is 23.5 Å². The molecule has 3 N–H and O–H groups in total. The number of amides is 1. The number of ether oxygens (including phenoxy) is 1. The zero-order valence-corrected chi connectivity index (χ0v) is 20.5. The van der Waals surface area contributed by atoms with Crippen molar-refractivity contribution in [1.82, 2.24) is 15.3 Å². The number of aromatic nitrogens is 2. The number of rotatable bonds is 6. The Morgan fingerprint density at radius 2 is 1.85 bits per heavy atom. The van der Waals surface area contributed by atoms with Crippen LogP contribution in [-0.4, -0.2) is 48.0 Å². The molecule has 178 valence electrons. The Balaban J connectivity index is 1.41. The minimum absolute atomic E-state index is 0.0155. The fourth-order valence-electron chi connectivity index (χ4n) is 4.49.